The highest BCUT2D eigenvalue weighted by molar-refractivity contribution is 6.00. The molecule has 1 atom stereocenters. The van der Waals surface area contributed by atoms with Gasteiger partial charge in [-0.1, -0.05) is 49.4 Å². The first-order valence-electron chi connectivity index (χ1n) is 10.9. The minimum absolute atomic E-state index is 0.0345. The molecular weight excluding hydrogens is 438 g/mol. The first kappa shape index (κ1) is 24.6. The summed E-state index contributed by atoms with van der Waals surface area (Å²) in [7, 11) is 0. The van der Waals surface area contributed by atoms with Crippen molar-refractivity contribution in [2.24, 2.45) is 5.92 Å². The molecule has 0 saturated heterocycles. The molecule has 3 rings (SSSR count). The number of nitrogens with zero attached hydrogens (tertiary/aromatic N) is 3. The average Bonchev–Trinajstić information content (AvgIpc) is 3.22. The van der Waals surface area contributed by atoms with Crippen LogP contribution in [0, 0.1) is 5.92 Å². The topological polar surface area (TPSA) is 146 Å². The van der Waals surface area contributed by atoms with Gasteiger partial charge in [-0.15, -0.1) is 10.2 Å². The van der Waals surface area contributed by atoms with Crippen molar-refractivity contribution in [2.45, 2.75) is 39.3 Å². The van der Waals surface area contributed by atoms with Gasteiger partial charge in [-0.3, -0.25) is 14.8 Å². The number of carbonyl (C=O) groups excluding carboxylic acids is 2. The van der Waals surface area contributed by atoms with Crippen molar-refractivity contribution < 1.29 is 24.7 Å². The van der Waals surface area contributed by atoms with Crippen molar-refractivity contribution in [3.8, 4) is 0 Å². The monoisotopic (exact) mass is 465 g/mol. The highest BCUT2D eigenvalue weighted by Crippen LogP contribution is 2.13. The van der Waals surface area contributed by atoms with E-state index < -0.39 is 23.7 Å². The number of carboxylic acids is 1. The van der Waals surface area contributed by atoms with Gasteiger partial charge in [0.25, 0.3) is 5.91 Å². The van der Waals surface area contributed by atoms with E-state index >= 15 is 0 Å². The Kier molecular flexibility index (Phi) is 8.47. The second-order valence-electron chi connectivity index (χ2n) is 7.81. The third-order valence-electron chi connectivity index (χ3n) is 5.37. The van der Waals surface area contributed by atoms with Gasteiger partial charge in [0.15, 0.2) is 5.82 Å². The quantitative estimate of drug-likeness (QED) is 0.192. The molecular formula is C24H27N5O5. The number of nitrogens with one attached hydrogen (secondary N) is 2. The van der Waals surface area contributed by atoms with Crippen LogP contribution in [0.2, 0.25) is 0 Å². The van der Waals surface area contributed by atoms with Crippen molar-refractivity contribution >= 4 is 17.8 Å². The second-order valence-corrected chi connectivity index (χ2v) is 7.81. The Labute approximate surface area is 196 Å². The lowest BCUT2D eigenvalue weighted by atomic mass is 9.98. The second kappa shape index (κ2) is 11.7. The minimum atomic E-state index is -1.12. The van der Waals surface area contributed by atoms with Crippen LogP contribution < -0.4 is 10.8 Å². The van der Waals surface area contributed by atoms with Crippen molar-refractivity contribution in [3.05, 3.63) is 82.9 Å². The number of hydroxylamine groups is 1. The van der Waals surface area contributed by atoms with Gasteiger partial charge >= 0.3 is 5.97 Å². The summed E-state index contributed by atoms with van der Waals surface area (Å²) in [5, 5.41) is 29.4. The first-order chi connectivity index (χ1) is 16.4. The SMILES string of the molecule is CCCc1nnc(CNC(=O)C(Cc2ccccc2)C(=O)NO)n1Cc1ccc(C(=O)O)cc1. The fourth-order valence-corrected chi connectivity index (χ4v) is 3.55. The summed E-state index contributed by atoms with van der Waals surface area (Å²) in [4.78, 5) is 36.1. The molecule has 0 saturated carbocycles. The maximum Gasteiger partial charge on any atom is 0.335 e. The van der Waals surface area contributed by atoms with Crippen molar-refractivity contribution in [2.75, 3.05) is 0 Å². The van der Waals surface area contributed by atoms with Gasteiger partial charge in [-0.2, -0.15) is 0 Å². The van der Waals surface area contributed by atoms with Crippen LogP contribution in [0.5, 0.6) is 0 Å². The molecule has 3 aromatic rings. The van der Waals surface area contributed by atoms with E-state index in [0.29, 0.717) is 18.8 Å². The molecule has 1 aromatic heterocycles. The highest BCUT2D eigenvalue weighted by atomic mass is 16.5. The Hall–Kier alpha value is -4.05. The summed E-state index contributed by atoms with van der Waals surface area (Å²) in [6, 6.07) is 15.6. The average molecular weight is 466 g/mol. The number of hydrogen-bond donors (Lipinski definition) is 4. The summed E-state index contributed by atoms with van der Waals surface area (Å²) in [6.07, 6.45) is 1.65. The predicted molar refractivity (Wildman–Crippen MR) is 122 cm³/mol. The lowest BCUT2D eigenvalue weighted by Crippen LogP contribution is -2.41. The molecule has 2 amide bonds. The Morgan fingerprint density at radius 1 is 0.941 bits per heavy atom. The molecule has 4 N–H and O–H groups in total. The van der Waals surface area contributed by atoms with Crippen LogP contribution >= 0.6 is 0 Å². The van der Waals surface area contributed by atoms with Crippen LogP contribution in [0.3, 0.4) is 0 Å². The van der Waals surface area contributed by atoms with Gasteiger partial charge in [-0.05, 0) is 36.1 Å². The van der Waals surface area contributed by atoms with Crippen molar-refractivity contribution in [1.29, 1.82) is 0 Å². The largest absolute Gasteiger partial charge is 0.478 e. The third-order valence-corrected chi connectivity index (χ3v) is 5.37. The molecule has 0 radical (unpaired) electrons. The molecule has 34 heavy (non-hydrogen) atoms. The summed E-state index contributed by atoms with van der Waals surface area (Å²) in [5.41, 5.74) is 3.40. The number of benzene rings is 2. The minimum Gasteiger partial charge on any atom is -0.478 e. The Bertz CT molecular complexity index is 1130. The molecule has 0 fully saturated rings. The van der Waals surface area contributed by atoms with Gasteiger partial charge in [0, 0.05) is 6.42 Å². The molecule has 10 nitrogen and oxygen atoms in total. The maximum absolute atomic E-state index is 12.8. The van der Waals surface area contributed by atoms with Crippen LogP contribution in [0.4, 0.5) is 0 Å². The zero-order valence-corrected chi connectivity index (χ0v) is 18.8. The van der Waals surface area contributed by atoms with E-state index in [2.05, 4.69) is 15.5 Å². The van der Waals surface area contributed by atoms with E-state index in [9.17, 15) is 14.4 Å². The van der Waals surface area contributed by atoms with Crippen LogP contribution in [-0.4, -0.2) is 42.9 Å². The van der Waals surface area contributed by atoms with E-state index in [1.165, 1.54) is 12.1 Å². The molecule has 2 aromatic carbocycles. The Balaban J connectivity index is 1.75. The van der Waals surface area contributed by atoms with E-state index in [1.807, 2.05) is 29.7 Å². The molecule has 0 spiro atoms. The molecule has 1 heterocycles. The van der Waals surface area contributed by atoms with E-state index in [1.54, 1.807) is 29.7 Å². The number of hydrogen-bond acceptors (Lipinski definition) is 6. The summed E-state index contributed by atoms with van der Waals surface area (Å²) >= 11 is 0. The standard InChI is InChI=1S/C24H27N5O5/c1-2-6-20-26-27-21(29(20)15-17-9-11-18(12-10-17)24(32)33)14-25-22(30)19(23(31)28-34)13-16-7-4-3-5-8-16/h3-5,7-12,19,34H,2,6,13-15H2,1H3,(H,25,30)(H,28,31)(H,32,33). The van der Waals surface area contributed by atoms with E-state index in [0.717, 1.165) is 23.4 Å². The molecule has 1 unspecified atom stereocenters. The van der Waals surface area contributed by atoms with E-state index in [-0.39, 0.29) is 18.5 Å². The van der Waals surface area contributed by atoms with Crippen LogP contribution in [0.15, 0.2) is 54.6 Å². The molecule has 10 heteroatoms. The van der Waals surface area contributed by atoms with Gasteiger partial charge in [0.05, 0.1) is 18.7 Å². The predicted octanol–water partition coefficient (Wildman–Crippen LogP) is 1.96. The number of aromatic nitrogens is 3. The fraction of sp³-hybridized carbons (Fsp3) is 0.292. The lowest BCUT2D eigenvalue weighted by Gasteiger charge is -2.16. The van der Waals surface area contributed by atoms with E-state index in [4.69, 9.17) is 10.3 Å². The van der Waals surface area contributed by atoms with Crippen molar-refractivity contribution in [3.63, 3.8) is 0 Å². The summed E-state index contributed by atoms with van der Waals surface area (Å²) < 4.78 is 1.87. The smallest absolute Gasteiger partial charge is 0.335 e. The number of aryl methyl sites for hydroxylation is 1. The zero-order chi connectivity index (χ0) is 24.5. The number of carboxylic acid groups (broad SMARTS) is 1. The van der Waals surface area contributed by atoms with Crippen molar-refractivity contribution in [1.82, 2.24) is 25.6 Å². The fourth-order valence-electron chi connectivity index (χ4n) is 3.55. The summed E-state index contributed by atoms with van der Waals surface area (Å²) in [5.74, 6) is -2.23. The van der Waals surface area contributed by atoms with Gasteiger partial charge in [0.1, 0.15) is 11.7 Å². The molecule has 0 aliphatic heterocycles. The maximum atomic E-state index is 12.8. The Morgan fingerprint density at radius 2 is 1.62 bits per heavy atom. The van der Waals surface area contributed by atoms with Crippen LogP contribution in [-0.2, 0) is 35.5 Å². The third kappa shape index (κ3) is 6.26. The highest BCUT2D eigenvalue weighted by Gasteiger charge is 2.27. The molecule has 0 aliphatic rings. The number of amides is 2. The molecule has 0 aliphatic carbocycles. The van der Waals surface area contributed by atoms with Gasteiger partial charge in [-0.25, -0.2) is 10.3 Å². The number of aromatic carboxylic acids is 1. The molecule has 178 valence electrons. The Morgan fingerprint density at radius 3 is 2.24 bits per heavy atom. The lowest BCUT2D eigenvalue weighted by molar-refractivity contribution is -0.140. The number of rotatable bonds is 11. The number of carbonyl (C=O) groups is 3. The van der Waals surface area contributed by atoms with Gasteiger partial charge in [0.2, 0.25) is 5.91 Å². The zero-order valence-electron chi connectivity index (χ0n) is 18.8. The van der Waals surface area contributed by atoms with Crippen LogP contribution in [0.25, 0.3) is 0 Å². The normalized spacial score (nSPS) is 11.6. The van der Waals surface area contributed by atoms with Crippen LogP contribution in [0.1, 0.15) is 46.5 Å². The van der Waals surface area contributed by atoms with Gasteiger partial charge < -0.3 is 15.0 Å². The summed E-state index contributed by atoms with van der Waals surface area (Å²) in [6.45, 7) is 2.45. The molecule has 0 bridgehead atoms. The first-order valence-corrected chi connectivity index (χ1v) is 10.9.